The molecule has 0 aromatic heterocycles. The predicted octanol–water partition coefficient (Wildman–Crippen LogP) is 7.52. The van der Waals surface area contributed by atoms with E-state index in [2.05, 4.69) is 74.5 Å². The van der Waals surface area contributed by atoms with Crippen LogP contribution in [0.4, 0.5) is 0 Å². The average molecular weight is 323 g/mol. The van der Waals surface area contributed by atoms with Crippen molar-refractivity contribution >= 4 is 0 Å². The van der Waals surface area contributed by atoms with E-state index in [1.807, 2.05) is 0 Å². The highest BCUT2D eigenvalue weighted by molar-refractivity contribution is 5.38. The van der Waals surface area contributed by atoms with Gasteiger partial charge in [-0.15, -0.1) is 0 Å². The molecule has 0 unspecified atom stereocenters. The molecule has 0 aliphatic carbocycles. The quantitative estimate of drug-likeness (QED) is 0.375. The highest BCUT2D eigenvalue weighted by atomic mass is 14.3. The van der Waals surface area contributed by atoms with Crippen molar-refractivity contribution in [3.8, 4) is 0 Å². The summed E-state index contributed by atoms with van der Waals surface area (Å²) in [6, 6.07) is 22.1. The van der Waals surface area contributed by atoms with Crippen LogP contribution in [0.2, 0.25) is 0 Å². The Balaban J connectivity index is 1.91. The van der Waals surface area contributed by atoms with Crippen molar-refractivity contribution in [1.29, 1.82) is 0 Å². The number of rotatable bonds is 11. The van der Waals surface area contributed by atoms with E-state index in [-0.39, 0.29) is 5.41 Å². The molecule has 0 spiro atoms. The van der Waals surface area contributed by atoms with Crippen LogP contribution < -0.4 is 0 Å². The van der Waals surface area contributed by atoms with E-state index < -0.39 is 0 Å². The lowest BCUT2D eigenvalue weighted by molar-refractivity contribution is 0.470. The molecule has 2 rings (SSSR count). The molecule has 0 N–H and O–H groups in total. The maximum absolute atomic E-state index is 2.42. The molecular weight excluding hydrogens is 288 g/mol. The van der Waals surface area contributed by atoms with E-state index in [4.69, 9.17) is 0 Å². The van der Waals surface area contributed by atoms with E-state index in [1.165, 1.54) is 68.9 Å². The fraction of sp³-hybridized carbons (Fsp3) is 0.500. The minimum Gasteiger partial charge on any atom is -0.0654 e. The summed E-state index contributed by atoms with van der Waals surface area (Å²) >= 11 is 0. The first-order valence-corrected chi connectivity index (χ1v) is 9.88. The lowest BCUT2D eigenvalue weighted by atomic mass is 9.72. The molecule has 0 bridgehead atoms. The number of hydrogen-bond donors (Lipinski definition) is 0. The lowest BCUT2D eigenvalue weighted by Crippen LogP contribution is -2.23. The molecule has 130 valence electrons. The van der Waals surface area contributed by atoms with Crippen molar-refractivity contribution < 1.29 is 0 Å². The second-order valence-corrected chi connectivity index (χ2v) is 7.29. The van der Waals surface area contributed by atoms with Gasteiger partial charge in [-0.05, 0) is 17.5 Å². The van der Waals surface area contributed by atoms with Gasteiger partial charge in [0.15, 0.2) is 0 Å². The first kappa shape index (κ1) is 18.8. The molecule has 0 fully saturated rings. The highest BCUT2D eigenvalue weighted by Crippen LogP contribution is 2.36. The van der Waals surface area contributed by atoms with Crippen LogP contribution in [0.3, 0.4) is 0 Å². The van der Waals surface area contributed by atoms with Crippen LogP contribution in [0.15, 0.2) is 60.7 Å². The fourth-order valence-electron chi connectivity index (χ4n) is 3.68. The average Bonchev–Trinajstić information content (AvgIpc) is 2.65. The molecule has 0 saturated heterocycles. The van der Waals surface area contributed by atoms with Crippen LogP contribution in [0.5, 0.6) is 0 Å². The molecule has 24 heavy (non-hydrogen) atoms. The summed E-state index contributed by atoms with van der Waals surface area (Å²) in [7, 11) is 0. The Morgan fingerprint density at radius 2 is 1.00 bits per heavy atom. The van der Waals surface area contributed by atoms with Gasteiger partial charge in [-0.25, -0.2) is 0 Å². The number of benzene rings is 2. The van der Waals surface area contributed by atoms with Gasteiger partial charge in [0.2, 0.25) is 0 Å². The molecule has 0 saturated carbocycles. The molecule has 0 aliphatic rings. The Hall–Kier alpha value is -1.56. The van der Waals surface area contributed by atoms with Crippen LogP contribution >= 0.6 is 0 Å². The van der Waals surface area contributed by atoms with Crippen LogP contribution in [-0.4, -0.2) is 0 Å². The van der Waals surface area contributed by atoms with Gasteiger partial charge in [0.05, 0.1) is 0 Å². The van der Waals surface area contributed by atoms with E-state index in [0.29, 0.717) is 0 Å². The molecular formula is C24H34. The van der Waals surface area contributed by atoms with Crippen molar-refractivity contribution in [3.05, 3.63) is 71.8 Å². The van der Waals surface area contributed by atoms with Crippen LogP contribution in [0.25, 0.3) is 0 Å². The van der Waals surface area contributed by atoms with Crippen molar-refractivity contribution in [1.82, 2.24) is 0 Å². The third-order valence-corrected chi connectivity index (χ3v) is 5.35. The molecule has 0 atom stereocenters. The molecule has 0 aliphatic heterocycles. The molecule has 2 aromatic carbocycles. The van der Waals surface area contributed by atoms with Crippen molar-refractivity contribution in [2.24, 2.45) is 0 Å². The molecule has 0 amide bonds. The van der Waals surface area contributed by atoms with E-state index in [9.17, 15) is 0 Å². The standard InChI is InChI=1S/C24H34/c1-3-4-5-6-7-8-9-16-21-24(2,22-17-12-10-13-18-22)23-19-14-11-15-20-23/h10-15,17-20H,3-9,16,21H2,1-2H3. The molecule has 0 heteroatoms. The predicted molar refractivity (Wildman–Crippen MR) is 107 cm³/mol. The SMILES string of the molecule is CCCCCCCCCCC(C)(c1ccccc1)c1ccccc1. The third-order valence-electron chi connectivity index (χ3n) is 5.35. The summed E-state index contributed by atoms with van der Waals surface area (Å²) in [5, 5.41) is 0. The van der Waals surface area contributed by atoms with E-state index >= 15 is 0 Å². The topological polar surface area (TPSA) is 0 Å². The summed E-state index contributed by atoms with van der Waals surface area (Å²) in [6.45, 7) is 4.70. The lowest BCUT2D eigenvalue weighted by Gasteiger charge is -2.31. The van der Waals surface area contributed by atoms with Gasteiger partial charge >= 0.3 is 0 Å². The zero-order chi connectivity index (χ0) is 17.1. The number of hydrogen-bond acceptors (Lipinski definition) is 0. The summed E-state index contributed by atoms with van der Waals surface area (Å²) < 4.78 is 0. The zero-order valence-electron chi connectivity index (χ0n) is 15.6. The van der Waals surface area contributed by atoms with E-state index in [1.54, 1.807) is 0 Å². The van der Waals surface area contributed by atoms with Gasteiger partial charge in [0.1, 0.15) is 0 Å². The highest BCUT2D eigenvalue weighted by Gasteiger charge is 2.27. The second kappa shape index (κ2) is 10.3. The Kier molecular flexibility index (Phi) is 8.08. The van der Waals surface area contributed by atoms with Crippen LogP contribution in [0.1, 0.15) is 82.8 Å². The van der Waals surface area contributed by atoms with Gasteiger partial charge in [-0.3, -0.25) is 0 Å². The second-order valence-electron chi connectivity index (χ2n) is 7.29. The zero-order valence-corrected chi connectivity index (χ0v) is 15.6. The van der Waals surface area contributed by atoms with Gasteiger partial charge in [0, 0.05) is 5.41 Å². The fourth-order valence-corrected chi connectivity index (χ4v) is 3.68. The largest absolute Gasteiger partial charge is 0.0654 e. The van der Waals surface area contributed by atoms with Crippen LogP contribution in [-0.2, 0) is 5.41 Å². The Bertz CT molecular complexity index is 501. The molecule has 0 radical (unpaired) electrons. The van der Waals surface area contributed by atoms with E-state index in [0.717, 1.165) is 0 Å². The van der Waals surface area contributed by atoms with Gasteiger partial charge in [-0.1, -0.05) is 126 Å². The van der Waals surface area contributed by atoms with Gasteiger partial charge in [-0.2, -0.15) is 0 Å². The Morgan fingerprint density at radius 1 is 0.583 bits per heavy atom. The Morgan fingerprint density at radius 3 is 1.46 bits per heavy atom. The van der Waals surface area contributed by atoms with Gasteiger partial charge in [0.25, 0.3) is 0 Å². The minimum atomic E-state index is 0.130. The summed E-state index contributed by atoms with van der Waals surface area (Å²) in [6.07, 6.45) is 12.3. The minimum absolute atomic E-state index is 0.130. The molecule has 2 aromatic rings. The van der Waals surface area contributed by atoms with Crippen molar-refractivity contribution in [3.63, 3.8) is 0 Å². The smallest absolute Gasteiger partial charge is 0.0174 e. The summed E-state index contributed by atoms with van der Waals surface area (Å²) in [5.41, 5.74) is 3.02. The maximum atomic E-state index is 2.42. The molecule has 0 heterocycles. The summed E-state index contributed by atoms with van der Waals surface area (Å²) in [5.74, 6) is 0. The Labute approximate surface area is 149 Å². The maximum Gasteiger partial charge on any atom is 0.0174 e. The number of unbranched alkanes of at least 4 members (excludes halogenated alkanes) is 7. The normalized spacial score (nSPS) is 11.6. The van der Waals surface area contributed by atoms with Crippen molar-refractivity contribution in [2.75, 3.05) is 0 Å². The van der Waals surface area contributed by atoms with Crippen molar-refractivity contribution in [2.45, 2.75) is 77.0 Å². The summed E-state index contributed by atoms with van der Waals surface area (Å²) in [4.78, 5) is 0. The van der Waals surface area contributed by atoms with Crippen LogP contribution in [0, 0.1) is 0 Å². The third kappa shape index (κ3) is 5.51. The first-order valence-electron chi connectivity index (χ1n) is 9.88. The monoisotopic (exact) mass is 322 g/mol. The van der Waals surface area contributed by atoms with Gasteiger partial charge < -0.3 is 0 Å². The first-order chi connectivity index (χ1) is 11.8. The molecule has 0 nitrogen and oxygen atoms in total.